The summed E-state index contributed by atoms with van der Waals surface area (Å²) in [6, 6.07) is 14.4. The molecule has 0 saturated carbocycles. The Morgan fingerprint density at radius 2 is 1.77 bits per heavy atom. The molecule has 9 nitrogen and oxygen atoms in total. The van der Waals surface area contributed by atoms with Gasteiger partial charge in [0.25, 0.3) is 0 Å². The molecule has 2 aromatic carbocycles. The number of ether oxygens (including phenoxy) is 1. The van der Waals surface area contributed by atoms with E-state index in [0.29, 0.717) is 24.5 Å². The molecule has 2 aliphatic heterocycles. The van der Waals surface area contributed by atoms with E-state index in [-0.39, 0.29) is 30.5 Å². The van der Waals surface area contributed by atoms with Crippen molar-refractivity contribution in [2.24, 2.45) is 0 Å². The van der Waals surface area contributed by atoms with E-state index in [0.717, 1.165) is 44.8 Å². The summed E-state index contributed by atoms with van der Waals surface area (Å²) in [6.45, 7) is 5.15. The lowest BCUT2D eigenvalue weighted by Crippen LogP contribution is -2.51. The number of amides is 2. The molecule has 0 bridgehead atoms. The van der Waals surface area contributed by atoms with E-state index in [4.69, 9.17) is 4.74 Å². The number of morpholine rings is 1. The van der Waals surface area contributed by atoms with Crippen molar-refractivity contribution in [1.29, 1.82) is 0 Å². The van der Waals surface area contributed by atoms with Crippen molar-refractivity contribution < 1.29 is 24.2 Å². The monoisotopic (exact) mass is 480 g/mol. The predicted octanol–water partition coefficient (Wildman–Crippen LogP) is 1.92. The Morgan fingerprint density at radius 1 is 1.03 bits per heavy atom. The molecule has 0 atom stereocenters. The first kappa shape index (κ1) is 24.8. The summed E-state index contributed by atoms with van der Waals surface area (Å²) in [5.41, 5.74) is 2.21. The molecule has 4 rings (SSSR count). The summed E-state index contributed by atoms with van der Waals surface area (Å²) in [4.78, 5) is 45.3. The molecule has 1 fully saturated rings. The number of aromatic carboxylic acids is 1. The number of hydrogen-bond acceptors (Lipinski definition) is 6. The van der Waals surface area contributed by atoms with Crippen LogP contribution in [0.15, 0.2) is 48.5 Å². The molecule has 2 aromatic rings. The van der Waals surface area contributed by atoms with E-state index in [1.807, 2.05) is 42.3 Å². The summed E-state index contributed by atoms with van der Waals surface area (Å²) in [7, 11) is 1.85. The molecule has 2 aliphatic rings. The van der Waals surface area contributed by atoms with Gasteiger partial charge in [-0.25, -0.2) is 4.79 Å². The molecule has 2 heterocycles. The van der Waals surface area contributed by atoms with Crippen LogP contribution in [0.3, 0.4) is 0 Å². The third-order valence-electron chi connectivity index (χ3n) is 6.36. The van der Waals surface area contributed by atoms with Crippen molar-refractivity contribution in [3.63, 3.8) is 0 Å². The lowest BCUT2D eigenvalue weighted by molar-refractivity contribution is -0.123. The fraction of sp³-hybridized carbons (Fsp3) is 0.423. The van der Waals surface area contributed by atoms with Gasteiger partial charge in [-0.15, -0.1) is 0 Å². The van der Waals surface area contributed by atoms with E-state index in [1.165, 1.54) is 17.0 Å². The Bertz CT molecular complexity index is 1050. The molecule has 9 heteroatoms. The van der Waals surface area contributed by atoms with Gasteiger partial charge in [0.2, 0.25) is 11.8 Å². The van der Waals surface area contributed by atoms with E-state index in [1.54, 1.807) is 11.0 Å². The van der Waals surface area contributed by atoms with Gasteiger partial charge < -0.3 is 14.7 Å². The number of nitrogens with zero attached hydrogens (tertiary/aromatic N) is 4. The smallest absolute Gasteiger partial charge is 0.335 e. The highest BCUT2D eigenvalue weighted by atomic mass is 16.5. The summed E-state index contributed by atoms with van der Waals surface area (Å²) < 4.78 is 5.39. The largest absolute Gasteiger partial charge is 0.478 e. The molecular weight excluding hydrogens is 448 g/mol. The average Bonchev–Trinajstić information content (AvgIpc) is 2.85. The SMILES string of the molecule is CN(CC(=O)N1CC(=O)N(CCCN2CCOCC2)c2ccc(C(=O)O)cc21)Cc1ccccc1. The minimum atomic E-state index is -1.07. The number of likely N-dealkylation sites (N-methyl/N-ethyl adjacent to an activating group) is 1. The van der Waals surface area contributed by atoms with E-state index >= 15 is 0 Å². The molecule has 0 radical (unpaired) electrons. The standard InChI is InChI=1S/C26H32N4O5/c1-27(17-20-6-3-2-4-7-20)18-24(31)30-19-25(32)29(11-5-10-28-12-14-35-15-13-28)22-9-8-21(26(33)34)16-23(22)30/h2-4,6-9,16H,5,10-15,17-19H2,1H3,(H,33,34). The zero-order valence-electron chi connectivity index (χ0n) is 20.1. The van der Waals surface area contributed by atoms with Crippen LogP contribution in [0.2, 0.25) is 0 Å². The highest BCUT2D eigenvalue weighted by molar-refractivity contribution is 6.12. The van der Waals surface area contributed by atoms with Gasteiger partial charge in [-0.2, -0.15) is 0 Å². The van der Waals surface area contributed by atoms with Crippen LogP contribution in [-0.2, 0) is 20.9 Å². The second kappa shape index (κ2) is 11.4. The summed E-state index contributed by atoms with van der Waals surface area (Å²) >= 11 is 0. The van der Waals surface area contributed by atoms with Gasteiger partial charge >= 0.3 is 5.97 Å². The Labute approximate surface area is 205 Å². The minimum Gasteiger partial charge on any atom is -0.478 e. The van der Waals surface area contributed by atoms with Gasteiger partial charge in [-0.3, -0.25) is 24.3 Å². The van der Waals surface area contributed by atoms with E-state index < -0.39 is 5.97 Å². The van der Waals surface area contributed by atoms with Crippen LogP contribution in [0.1, 0.15) is 22.3 Å². The maximum Gasteiger partial charge on any atom is 0.335 e. The van der Waals surface area contributed by atoms with Gasteiger partial charge in [0.05, 0.1) is 36.7 Å². The number of carboxylic acid groups (broad SMARTS) is 1. The Morgan fingerprint density at radius 3 is 2.49 bits per heavy atom. The van der Waals surface area contributed by atoms with Crippen molar-refractivity contribution in [3.05, 3.63) is 59.7 Å². The molecule has 35 heavy (non-hydrogen) atoms. The van der Waals surface area contributed by atoms with Crippen LogP contribution in [0.4, 0.5) is 11.4 Å². The summed E-state index contributed by atoms with van der Waals surface area (Å²) in [5.74, 6) is -1.48. The summed E-state index contributed by atoms with van der Waals surface area (Å²) in [5, 5.41) is 9.52. The van der Waals surface area contributed by atoms with Crippen LogP contribution in [0, 0.1) is 0 Å². The van der Waals surface area contributed by atoms with Crippen molar-refractivity contribution in [3.8, 4) is 0 Å². The average molecular weight is 481 g/mol. The number of carbonyl (C=O) groups is 3. The number of hydrogen-bond donors (Lipinski definition) is 1. The second-order valence-corrected chi connectivity index (χ2v) is 9.00. The number of benzene rings is 2. The van der Waals surface area contributed by atoms with Crippen LogP contribution < -0.4 is 9.80 Å². The zero-order chi connectivity index (χ0) is 24.8. The van der Waals surface area contributed by atoms with Gasteiger partial charge in [0, 0.05) is 32.7 Å². The van der Waals surface area contributed by atoms with E-state index in [2.05, 4.69) is 4.90 Å². The zero-order valence-corrected chi connectivity index (χ0v) is 20.1. The van der Waals surface area contributed by atoms with Crippen molar-refractivity contribution >= 4 is 29.2 Å². The number of anilines is 2. The normalized spacial score (nSPS) is 16.5. The first-order valence-electron chi connectivity index (χ1n) is 11.9. The topological polar surface area (TPSA) is 93.6 Å². The maximum absolute atomic E-state index is 13.3. The molecule has 0 aromatic heterocycles. The molecule has 186 valence electrons. The first-order chi connectivity index (χ1) is 16.9. The number of fused-ring (bicyclic) bond motifs is 1. The molecule has 0 aliphatic carbocycles. The van der Waals surface area contributed by atoms with Crippen LogP contribution >= 0.6 is 0 Å². The highest BCUT2D eigenvalue weighted by Crippen LogP contribution is 2.35. The lowest BCUT2D eigenvalue weighted by atomic mass is 10.1. The number of carboxylic acids is 1. The van der Waals surface area contributed by atoms with Gasteiger partial charge in [0.15, 0.2) is 0 Å². The van der Waals surface area contributed by atoms with Gasteiger partial charge in [-0.05, 0) is 37.2 Å². The molecule has 1 saturated heterocycles. The molecule has 0 unspecified atom stereocenters. The quantitative estimate of drug-likeness (QED) is 0.586. The van der Waals surface area contributed by atoms with Gasteiger partial charge in [-0.1, -0.05) is 30.3 Å². The molecule has 2 amide bonds. The first-order valence-corrected chi connectivity index (χ1v) is 11.9. The van der Waals surface area contributed by atoms with Crippen LogP contribution in [0.5, 0.6) is 0 Å². The lowest BCUT2D eigenvalue weighted by Gasteiger charge is -2.37. The molecule has 0 spiro atoms. The highest BCUT2D eigenvalue weighted by Gasteiger charge is 2.33. The van der Waals surface area contributed by atoms with Gasteiger partial charge in [0.1, 0.15) is 6.54 Å². The third-order valence-corrected chi connectivity index (χ3v) is 6.36. The Kier molecular flexibility index (Phi) is 8.12. The minimum absolute atomic E-state index is 0.0850. The van der Waals surface area contributed by atoms with Crippen LogP contribution in [0.25, 0.3) is 0 Å². The van der Waals surface area contributed by atoms with E-state index in [9.17, 15) is 19.5 Å². The fourth-order valence-electron chi connectivity index (χ4n) is 4.55. The number of rotatable bonds is 9. The van der Waals surface area contributed by atoms with Crippen molar-refractivity contribution in [1.82, 2.24) is 9.80 Å². The molecule has 1 N–H and O–H groups in total. The van der Waals surface area contributed by atoms with Crippen molar-refractivity contribution in [2.75, 3.05) is 69.3 Å². The Balaban J connectivity index is 1.49. The van der Waals surface area contributed by atoms with Crippen LogP contribution in [-0.4, -0.2) is 92.2 Å². The third kappa shape index (κ3) is 6.25. The molecular formula is C26H32N4O5. The summed E-state index contributed by atoms with van der Waals surface area (Å²) in [6.07, 6.45) is 0.777. The second-order valence-electron chi connectivity index (χ2n) is 9.00. The van der Waals surface area contributed by atoms with Crippen molar-refractivity contribution in [2.45, 2.75) is 13.0 Å². The number of carbonyl (C=O) groups excluding carboxylic acids is 2. The Hall–Kier alpha value is -3.27. The predicted molar refractivity (Wildman–Crippen MR) is 133 cm³/mol. The fourth-order valence-corrected chi connectivity index (χ4v) is 4.55. The maximum atomic E-state index is 13.3.